The Kier molecular flexibility index (Phi) is 4.43. The summed E-state index contributed by atoms with van der Waals surface area (Å²) in [4.78, 5) is 63.3. The van der Waals surface area contributed by atoms with Crippen LogP contribution in [0.25, 0.3) is 0 Å². The van der Waals surface area contributed by atoms with E-state index in [1.165, 1.54) is 12.1 Å². The number of halogens is 1. The van der Waals surface area contributed by atoms with E-state index in [0.29, 0.717) is 0 Å². The number of hydrogen-bond donors (Lipinski definition) is 4. The predicted molar refractivity (Wildman–Crippen MR) is 99.6 cm³/mol. The first-order chi connectivity index (χ1) is 13.9. The van der Waals surface area contributed by atoms with Gasteiger partial charge in [0.05, 0.1) is 17.6 Å². The predicted octanol–water partition coefficient (Wildman–Crippen LogP) is -0.488. The van der Waals surface area contributed by atoms with Gasteiger partial charge in [0, 0.05) is 23.3 Å². The van der Waals surface area contributed by atoms with Crippen LogP contribution in [0, 0.1) is 23.7 Å². The molecular weight excluding hydrogens is 418 g/mol. The third-order valence-corrected chi connectivity index (χ3v) is 7.11. The molecule has 0 aromatic heterocycles. The zero-order valence-electron chi connectivity index (χ0n) is 15.7. The quantitative estimate of drug-likeness (QED) is 0.428. The molecule has 158 valence electrons. The van der Waals surface area contributed by atoms with Crippen molar-refractivity contribution < 1.29 is 39.3 Å². The molecule has 0 radical (unpaired) electrons. The van der Waals surface area contributed by atoms with Crippen LogP contribution in [-0.4, -0.2) is 56.1 Å². The van der Waals surface area contributed by atoms with Gasteiger partial charge in [-0.15, -0.1) is 0 Å². The number of fused-ring (bicyclic) bond motifs is 3. The smallest absolute Gasteiger partial charge is 0.235 e. The Morgan fingerprint density at radius 2 is 1.83 bits per heavy atom. The Bertz CT molecular complexity index is 1050. The maximum atomic E-state index is 13.3. The highest BCUT2D eigenvalue weighted by atomic mass is 35.5. The summed E-state index contributed by atoms with van der Waals surface area (Å²) in [7, 11) is 0. The van der Waals surface area contributed by atoms with Gasteiger partial charge in [0.15, 0.2) is 34.7 Å². The van der Waals surface area contributed by atoms with Crippen molar-refractivity contribution in [2.24, 2.45) is 29.4 Å². The fraction of sp³-hybridized carbons (Fsp3) is 0.450. The van der Waals surface area contributed by atoms with Crippen LogP contribution in [0.3, 0.4) is 0 Å². The number of ketones is 4. The first-order valence-corrected chi connectivity index (χ1v) is 9.69. The van der Waals surface area contributed by atoms with Gasteiger partial charge in [0.25, 0.3) is 0 Å². The topological polar surface area (TPSA) is 172 Å². The molecule has 3 aliphatic carbocycles. The molecule has 3 aliphatic rings. The van der Waals surface area contributed by atoms with E-state index in [4.69, 9.17) is 17.3 Å². The molecule has 7 atom stereocenters. The number of carbonyl (C=O) groups excluding carboxylic acids is 5. The summed E-state index contributed by atoms with van der Waals surface area (Å²) < 4.78 is 0. The minimum Gasteiger partial charge on any atom is -0.507 e. The number of phenols is 1. The van der Waals surface area contributed by atoms with Crippen molar-refractivity contribution in [3.8, 4) is 5.75 Å². The summed E-state index contributed by atoms with van der Waals surface area (Å²) in [6, 6.07) is 2.55. The number of primary amides is 1. The zero-order chi connectivity index (χ0) is 22.3. The van der Waals surface area contributed by atoms with E-state index >= 15 is 0 Å². The van der Waals surface area contributed by atoms with Crippen molar-refractivity contribution in [3.05, 3.63) is 28.3 Å². The van der Waals surface area contributed by atoms with Crippen LogP contribution >= 0.6 is 11.6 Å². The van der Waals surface area contributed by atoms with Crippen LogP contribution in [0.4, 0.5) is 0 Å². The van der Waals surface area contributed by atoms with Gasteiger partial charge in [-0.25, -0.2) is 0 Å². The number of hydrogen-bond acceptors (Lipinski definition) is 8. The number of Topliss-reactive ketones (excluding diaryl/α,β-unsaturated/α-hetero) is 4. The summed E-state index contributed by atoms with van der Waals surface area (Å²) >= 11 is 6.22. The Labute approximate surface area is 174 Å². The van der Waals surface area contributed by atoms with Gasteiger partial charge in [-0.2, -0.15) is 0 Å². The average molecular weight is 436 g/mol. The fourth-order valence-electron chi connectivity index (χ4n) is 5.38. The fourth-order valence-corrected chi connectivity index (χ4v) is 5.71. The second-order valence-corrected chi connectivity index (χ2v) is 8.57. The highest BCUT2D eigenvalue weighted by Crippen LogP contribution is 2.54. The Morgan fingerprint density at radius 3 is 2.43 bits per heavy atom. The molecule has 1 amide bonds. The Morgan fingerprint density at radius 1 is 1.20 bits per heavy atom. The van der Waals surface area contributed by atoms with E-state index < -0.39 is 82.5 Å². The second-order valence-electron chi connectivity index (χ2n) is 8.16. The van der Waals surface area contributed by atoms with Gasteiger partial charge >= 0.3 is 0 Å². The van der Waals surface area contributed by atoms with Gasteiger partial charge in [-0.1, -0.05) is 18.5 Å². The third kappa shape index (κ3) is 2.33. The van der Waals surface area contributed by atoms with Gasteiger partial charge < -0.3 is 21.1 Å². The molecule has 10 heteroatoms. The first-order valence-electron chi connectivity index (χ1n) is 9.31. The number of amides is 1. The molecule has 2 saturated carbocycles. The molecule has 2 fully saturated rings. The lowest BCUT2D eigenvalue weighted by Gasteiger charge is -2.52. The Hall–Kier alpha value is -2.62. The maximum Gasteiger partial charge on any atom is 0.235 e. The number of rotatable bonds is 1. The maximum absolute atomic E-state index is 13.3. The van der Waals surface area contributed by atoms with Crippen molar-refractivity contribution in [1.82, 2.24) is 0 Å². The molecule has 0 aliphatic heterocycles. The molecule has 0 saturated heterocycles. The number of benzene rings is 1. The van der Waals surface area contributed by atoms with Crippen molar-refractivity contribution in [1.29, 1.82) is 0 Å². The molecule has 9 nitrogen and oxygen atoms in total. The number of aliphatic hydroxyl groups excluding tert-OH is 1. The van der Waals surface area contributed by atoms with E-state index in [1.54, 1.807) is 6.92 Å². The van der Waals surface area contributed by atoms with Crippen LogP contribution in [0.15, 0.2) is 12.1 Å². The molecule has 1 aromatic rings. The van der Waals surface area contributed by atoms with Gasteiger partial charge in [-0.05, 0) is 23.6 Å². The van der Waals surface area contributed by atoms with Crippen molar-refractivity contribution in [2.75, 3.05) is 0 Å². The van der Waals surface area contributed by atoms with Crippen molar-refractivity contribution in [3.63, 3.8) is 0 Å². The normalized spacial score (nSPS) is 38.0. The molecule has 5 N–H and O–H groups in total. The third-order valence-electron chi connectivity index (χ3n) is 6.78. The summed E-state index contributed by atoms with van der Waals surface area (Å²) in [6.45, 7) is 1.59. The summed E-state index contributed by atoms with van der Waals surface area (Å²) in [5.74, 6) is -13.2. The van der Waals surface area contributed by atoms with Gasteiger partial charge in [0.1, 0.15) is 5.75 Å². The largest absolute Gasteiger partial charge is 0.507 e. The lowest BCUT2D eigenvalue weighted by atomic mass is 9.50. The number of aliphatic hydroxyl groups is 2. The van der Waals surface area contributed by atoms with E-state index in [9.17, 15) is 39.3 Å². The summed E-state index contributed by atoms with van der Waals surface area (Å²) in [5, 5.41) is 32.5. The summed E-state index contributed by atoms with van der Waals surface area (Å²) in [6.07, 6.45) is -2.24. The van der Waals surface area contributed by atoms with E-state index in [1.807, 2.05) is 0 Å². The molecule has 0 spiro atoms. The summed E-state index contributed by atoms with van der Waals surface area (Å²) in [5.41, 5.74) is 2.21. The van der Waals surface area contributed by atoms with Crippen LogP contribution < -0.4 is 5.73 Å². The molecule has 0 bridgehead atoms. The number of aromatic hydroxyl groups is 1. The standard InChI is InChI=1S/C20H18ClNO8/c1-5-10-7(21)2-3-8(23)12(10)16(26)14-11(5)15(25)6-4-9(24)13(19(22)29)17(27)20(6,30)18(14)28/h2-3,5-6,11,13-15,23,25,30H,4H2,1H3,(H2,22,29)/t5-,6+,11+,13?,14?,15+,20+/m0/s1. The molecule has 30 heavy (non-hydrogen) atoms. The van der Waals surface area contributed by atoms with E-state index in [2.05, 4.69) is 0 Å². The monoisotopic (exact) mass is 435 g/mol. The van der Waals surface area contributed by atoms with Crippen molar-refractivity contribution in [2.45, 2.75) is 31.0 Å². The van der Waals surface area contributed by atoms with Crippen molar-refractivity contribution >= 4 is 40.6 Å². The minimum absolute atomic E-state index is 0.146. The molecule has 4 rings (SSSR count). The molecule has 0 heterocycles. The second kappa shape index (κ2) is 6.44. The van der Waals surface area contributed by atoms with Crippen LogP contribution in [0.5, 0.6) is 5.75 Å². The average Bonchev–Trinajstić information content (AvgIpc) is 2.66. The van der Waals surface area contributed by atoms with Gasteiger partial charge in [0.2, 0.25) is 5.91 Å². The lowest BCUT2D eigenvalue weighted by Crippen LogP contribution is -2.72. The molecule has 1 aromatic carbocycles. The van der Waals surface area contributed by atoms with Crippen LogP contribution in [0.2, 0.25) is 5.02 Å². The van der Waals surface area contributed by atoms with E-state index in [-0.39, 0.29) is 16.1 Å². The van der Waals surface area contributed by atoms with Crippen LogP contribution in [-0.2, 0) is 19.2 Å². The Balaban J connectivity index is 1.92. The molecule has 2 unspecified atom stereocenters. The van der Waals surface area contributed by atoms with E-state index in [0.717, 1.165) is 0 Å². The highest BCUT2D eigenvalue weighted by Gasteiger charge is 2.69. The first kappa shape index (κ1) is 20.6. The van der Waals surface area contributed by atoms with Gasteiger partial charge in [-0.3, -0.25) is 24.0 Å². The lowest BCUT2D eigenvalue weighted by molar-refractivity contribution is -0.189. The zero-order valence-corrected chi connectivity index (χ0v) is 16.4. The number of carbonyl (C=O) groups is 5. The number of nitrogens with two attached hydrogens (primary N) is 1. The highest BCUT2D eigenvalue weighted by molar-refractivity contribution is 6.34. The minimum atomic E-state index is -2.92. The SMILES string of the molecule is C[C@H]1c2c(Cl)ccc(O)c2C(=O)C2C(=O)[C@]3(O)C(=O)C(C(N)=O)C(=O)C[C@@H]3[C@@H](O)[C@@H]21. The molecular formula is C20H18ClNO8. The number of phenolic OH excluding ortho intramolecular Hbond substituents is 1. The van der Waals surface area contributed by atoms with Crippen LogP contribution in [0.1, 0.15) is 35.2 Å².